The average Bonchev–Trinajstić information content (AvgIpc) is 2.88. The molecule has 1 amide bonds. The third-order valence-electron chi connectivity index (χ3n) is 3.39. The molecule has 1 aliphatic heterocycles. The molecule has 5 heteroatoms. The first kappa shape index (κ1) is 12.7. The maximum Gasteiger partial charge on any atom is 0.270 e. The van der Waals surface area contributed by atoms with E-state index in [2.05, 4.69) is 4.98 Å². The Kier molecular flexibility index (Phi) is 4.00. The summed E-state index contributed by atoms with van der Waals surface area (Å²) in [6.07, 6.45) is 5.20. The fourth-order valence-corrected chi connectivity index (χ4v) is 2.45. The molecule has 2 N–H and O–H groups in total. The van der Waals surface area contributed by atoms with E-state index in [0.717, 1.165) is 25.8 Å². The highest BCUT2D eigenvalue weighted by atomic mass is 16.3. The number of aliphatic hydroxyl groups excluding tert-OH is 1. The van der Waals surface area contributed by atoms with Crippen LogP contribution in [0.1, 0.15) is 41.7 Å². The van der Waals surface area contributed by atoms with Gasteiger partial charge >= 0.3 is 0 Å². The minimum atomic E-state index is -0.0744. The molecule has 5 nitrogen and oxygen atoms in total. The Bertz CT molecular complexity index is 459. The van der Waals surface area contributed by atoms with Crippen molar-refractivity contribution >= 4 is 5.91 Å². The SMILES string of the molecule is N#Cc1c[nH]c(C(=O)N2CCCC[C@@H]2CCO)c1. The van der Waals surface area contributed by atoms with Crippen LogP contribution < -0.4 is 0 Å². The van der Waals surface area contributed by atoms with Crippen molar-refractivity contribution in [2.75, 3.05) is 13.2 Å². The van der Waals surface area contributed by atoms with Crippen LogP contribution >= 0.6 is 0 Å². The summed E-state index contributed by atoms with van der Waals surface area (Å²) in [6, 6.07) is 3.69. The van der Waals surface area contributed by atoms with Crippen molar-refractivity contribution in [1.82, 2.24) is 9.88 Å². The maximum atomic E-state index is 12.3. The van der Waals surface area contributed by atoms with Gasteiger partial charge in [0.05, 0.1) is 5.56 Å². The van der Waals surface area contributed by atoms with E-state index < -0.39 is 0 Å². The lowest BCUT2D eigenvalue weighted by atomic mass is 9.99. The van der Waals surface area contributed by atoms with E-state index in [1.807, 2.05) is 11.0 Å². The van der Waals surface area contributed by atoms with Crippen molar-refractivity contribution < 1.29 is 9.90 Å². The van der Waals surface area contributed by atoms with E-state index in [-0.39, 0.29) is 18.6 Å². The highest BCUT2D eigenvalue weighted by Crippen LogP contribution is 2.21. The molecule has 0 aliphatic carbocycles. The van der Waals surface area contributed by atoms with Crippen LogP contribution in [0.2, 0.25) is 0 Å². The van der Waals surface area contributed by atoms with Gasteiger partial charge in [0.2, 0.25) is 0 Å². The number of carbonyl (C=O) groups excluding carboxylic acids is 1. The summed E-state index contributed by atoms with van der Waals surface area (Å²) < 4.78 is 0. The zero-order valence-corrected chi connectivity index (χ0v) is 10.2. The van der Waals surface area contributed by atoms with Crippen LogP contribution in [0.5, 0.6) is 0 Å². The normalized spacial score (nSPS) is 19.6. The molecule has 1 fully saturated rings. The van der Waals surface area contributed by atoms with E-state index in [0.29, 0.717) is 17.7 Å². The van der Waals surface area contributed by atoms with Gasteiger partial charge in [0.25, 0.3) is 5.91 Å². The minimum absolute atomic E-state index is 0.0744. The van der Waals surface area contributed by atoms with Gasteiger partial charge in [-0.25, -0.2) is 0 Å². The Balaban J connectivity index is 2.13. The summed E-state index contributed by atoms with van der Waals surface area (Å²) in [5, 5.41) is 17.8. The number of amides is 1. The van der Waals surface area contributed by atoms with E-state index >= 15 is 0 Å². The van der Waals surface area contributed by atoms with Gasteiger partial charge in [-0.1, -0.05) is 0 Å². The Hall–Kier alpha value is -1.80. The zero-order chi connectivity index (χ0) is 13.0. The summed E-state index contributed by atoms with van der Waals surface area (Å²) >= 11 is 0. The van der Waals surface area contributed by atoms with Crippen LogP contribution in [-0.2, 0) is 0 Å². The molecule has 18 heavy (non-hydrogen) atoms. The number of rotatable bonds is 3. The lowest BCUT2D eigenvalue weighted by Gasteiger charge is -2.35. The second-order valence-corrected chi connectivity index (χ2v) is 4.57. The molecule has 2 rings (SSSR count). The van der Waals surface area contributed by atoms with Crippen LogP contribution in [0.25, 0.3) is 0 Å². The van der Waals surface area contributed by atoms with Gasteiger partial charge < -0.3 is 15.0 Å². The molecule has 0 unspecified atom stereocenters. The number of carbonyl (C=O) groups is 1. The number of hydrogen-bond donors (Lipinski definition) is 2. The van der Waals surface area contributed by atoms with Crippen molar-refractivity contribution in [3.05, 3.63) is 23.5 Å². The van der Waals surface area contributed by atoms with E-state index in [1.165, 1.54) is 6.20 Å². The van der Waals surface area contributed by atoms with Gasteiger partial charge in [-0.2, -0.15) is 5.26 Å². The molecule has 1 saturated heterocycles. The summed E-state index contributed by atoms with van der Waals surface area (Å²) in [7, 11) is 0. The van der Waals surface area contributed by atoms with E-state index in [1.54, 1.807) is 6.07 Å². The van der Waals surface area contributed by atoms with Crippen LogP contribution in [0.15, 0.2) is 12.3 Å². The molecule has 2 heterocycles. The van der Waals surface area contributed by atoms with Crippen molar-refractivity contribution in [1.29, 1.82) is 5.26 Å². The molecule has 1 aromatic rings. The van der Waals surface area contributed by atoms with Crippen LogP contribution in [0.3, 0.4) is 0 Å². The predicted molar refractivity (Wildman–Crippen MR) is 65.9 cm³/mol. The number of aromatic nitrogens is 1. The maximum absolute atomic E-state index is 12.3. The van der Waals surface area contributed by atoms with Crippen molar-refractivity contribution in [3.63, 3.8) is 0 Å². The van der Waals surface area contributed by atoms with Crippen molar-refractivity contribution in [2.24, 2.45) is 0 Å². The fourth-order valence-electron chi connectivity index (χ4n) is 2.45. The number of nitrogens with zero attached hydrogens (tertiary/aromatic N) is 2. The third kappa shape index (κ3) is 2.54. The van der Waals surface area contributed by atoms with Gasteiger partial charge in [-0.3, -0.25) is 4.79 Å². The van der Waals surface area contributed by atoms with Gasteiger partial charge in [0, 0.05) is 25.4 Å². The van der Waals surface area contributed by atoms with Crippen LogP contribution in [0, 0.1) is 11.3 Å². The fraction of sp³-hybridized carbons (Fsp3) is 0.538. The highest BCUT2D eigenvalue weighted by Gasteiger charge is 2.27. The Morgan fingerprint density at radius 3 is 3.11 bits per heavy atom. The zero-order valence-electron chi connectivity index (χ0n) is 10.2. The average molecular weight is 247 g/mol. The third-order valence-corrected chi connectivity index (χ3v) is 3.39. The molecule has 0 spiro atoms. The summed E-state index contributed by atoms with van der Waals surface area (Å²) in [5.74, 6) is -0.0744. The number of nitrogens with one attached hydrogen (secondary N) is 1. The van der Waals surface area contributed by atoms with Crippen LogP contribution in [0.4, 0.5) is 0 Å². The molecule has 0 saturated carbocycles. The molecular formula is C13H17N3O2. The second kappa shape index (κ2) is 5.69. The second-order valence-electron chi connectivity index (χ2n) is 4.57. The van der Waals surface area contributed by atoms with Gasteiger partial charge in [0.15, 0.2) is 0 Å². The lowest BCUT2D eigenvalue weighted by molar-refractivity contribution is 0.0569. The topological polar surface area (TPSA) is 80.1 Å². The van der Waals surface area contributed by atoms with Crippen molar-refractivity contribution in [3.8, 4) is 6.07 Å². The Labute approximate surface area is 106 Å². The molecular weight excluding hydrogens is 230 g/mol. The number of H-pyrrole nitrogens is 1. The summed E-state index contributed by atoms with van der Waals surface area (Å²) in [5.41, 5.74) is 0.922. The summed E-state index contributed by atoms with van der Waals surface area (Å²) in [6.45, 7) is 0.826. The minimum Gasteiger partial charge on any atom is -0.396 e. The number of likely N-dealkylation sites (tertiary alicyclic amines) is 1. The molecule has 0 aromatic carbocycles. The van der Waals surface area contributed by atoms with Crippen LogP contribution in [-0.4, -0.2) is 40.1 Å². The standard InChI is InChI=1S/C13H17N3O2/c14-8-10-7-12(15-9-10)13(18)16-5-2-1-3-11(16)4-6-17/h7,9,11,15,17H,1-6H2/t11-/m1/s1. The largest absolute Gasteiger partial charge is 0.396 e. The Morgan fingerprint density at radius 2 is 2.44 bits per heavy atom. The quantitative estimate of drug-likeness (QED) is 0.844. The highest BCUT2D eigenvalue weighted by molar-refractivity contribution is 5.93. The lowest BCUT2D eigenvalue weighted by Crippen LogP contribution is -2.44. The molecule has 1 aliphatic rings. The first-order valence-electron chi connectivity index (χ1n) is 6.26. The molecule has 1 aromatic heterocycles. The first-order valence-corrected chi connectivity index (χ1v) is 6.26. The molecule has 96 valence electrons. The molecule has 0 radical (unpaired) electrons. The first-order chi connectivity index (χ1) is 8.76. The molecule has 0 bridgehead atoms. The van der Waals surface area contributed by atoms with E-state index in [4.69, 9.17) is 10.4 Å². The monoisotopic (exact) mass is 247 g/mol. The van der Waals surface area contributed by atoms with E-state index in [9.17, 15) is 4.79 Å². The predicted octanol–water partition coefficient (Wildman–Crippen LogP) is 1.26. The number of aromatic amines is 1. The molecule has 1 atom stereocenters. The number of piperidine rings is 1. The number of hydrogen-bond acceptors (Lipinski definition) is 3. The smallest absolute Gasteiger partial charge is 0.270 e. The van der Waals surface area contributed by atoms with Crippen molar-refractivity contribution in [2.45, 2.75) is 31.7 Å². The Morgan fingerprint density at radius 1 is 1.61 bits per heavy atom. The van der Waals surface area contributed by atoms with Gasteiger partial charge in [-0.15, -0.1) is 0 Å². The summed E-state index contributed by atoms with van der Waals surface area (Å²) in [4.78, 5) is 17.0. The van der Waals surface area contributed by atoms with Gasteiger partial charge in [-0.05, 0) is 31.7 Å². The number of aliphatic hydroxyl groups is 1. The number of nitriles is 1. The van der Waals surface area contributed by atoms with Gasteiger partial charge in [0.1, 0.15) is 11.8 Å².